The van der Waals surface area contributed by atoms with Gasteiger partial charge in [-0.2, -0.15) is 5.26 Å². The van der Waals surface area contributed by atoms with E-state index in [4.69, 9.17) is 22.0 Å². The summed E-state index contributed by atoms with van der Waals surface area (Å²) in [4.78, 5) is 10.6. The van der Waals surface area contributed by atoms with Crippen molar-refractivity contribution >= 4 is 27.6 Å². The van der Waals surface area contributed by atoms with E-state index in [-0.39, 0.29) is 27.8 Å². The number of carboxylic acid groups (broad SMARTS) is 1. The molecule has 0 aliphatic carbocycles. The molecule has 1 rings (SSSR count). The Hall–Kier alpha value is -1.62. The Kier molecular flexibility index (Phi) is 5.72. The number of nitrogens with one attached hydrogen (secondary N) is 1. The molecule has 0 heterocycles. The largest absolute Gasteiger partial charge is 0.481 e. The molecule has 0 aliphatic heterocycles. The molecule has 114 valence electrons. The summed E-state index contributed by atoms with van der Waals surface area (Å²) in [6.45, 7) is 3.44. The number of aliphatic carboxylic acids is 1. The quantitative estimate of drug-likeness (QED) is 0.829. The predicted octanol–water partition coefficient (Wildman–Crippen LogP) is 1.99. The average Bonchev–Trinajstić information content (AvgIpc) is 2.36. The molecule has 1 unspecified atom stereocenters. The fourth-order valence-corrected chi connectivity index (χ4v) is 3.58. The maximum atomic E-state index is 12.3. The fourth-order valence-electron chi connectivity index (χ4n) is 1.65. The molecule has 2 N–H and O–H groups in total. The van der Waals surface area contributed by atoms with Crippen molar-refractivity contribution in [3.63, 3.8) is 0 Å². The van der Waals surface area contributed by atoms with Crippen LogP contribution in [0.2, 0.25) is 5.02 Å². The van der Waals surface area contributed by atoms with Crippen molar-refractivity contribution in [3.8, 4) is 6.07 Å². The van der Waals surface area contributed by atoms with Crippen LogP contribution in [0.15, 0.2) is 23.1 Å². The molecule has 8 heteroatoms. The van der Waals surface area contributed by atoms with E-state index < -0.39 is 22.0 Å². The number of sulfonamides is 1. The molecule has 0 aliphatic rings. The third kappa shape index (κ3) is 4.70. The average molecular weight is 331 g/mol. The van der Waals surface area contributed by atoms with Gasteiger partial charge >= 0.3 is 5.97 Å². The predicted molar refractivity (Wildman–Crippen MR) is 77.4 cm³/mol. The number of carboxylic acids is 1. The van der Waals surface area contributed by atoms with Gasteiger partial charge in [0.05, 0.1) is 23.1 Å². The Morgan fingerprint density at radius 3 is 2.52 bits per heavy atom. The minimum Gasteiger partial charge on any atom is -0.481 e. The van der Waals surface area contributed by atoms with Gasteiger partial charge in [-0.25, -0.2) is 13.1 Å². The molecule has 0 saturated heterocycles. The molecule has 0 saturated carbocycles. The lowest BCUT2D eigenvalue weighted by Gasteiger charge is -2.20. The number of hydrogen-bond donors (Lipinski definition) is 2. The van der Waals surface area contributed by atoms with Gasteiger partial charge in [0.2, 0.25) is 10.0 Å². The van der Waals surface area contributed by atoms with Gasteiger partial charge in [0.15, 0.2) is 0 Å². The molecular weight excluding hydrogens is 316 g/mol. The van der Waals surface area contributed by atoms with Crippen LogP contribution in [-0.2, 0) is 14.8 Å². The zero-order chi connectivity index (χ0) is 16.2. The minimum absolute atomic E-state index is 0.0839. The van der Waals surface area contributed by atoms with E-state index in [9.17, 15) is 13.2 Å². The standard InChI is InChI=1S/C13H15ClN2O4S/c1-8(2)11(6-13(17)18)16-21(19,20)12-4-3-9(7-15)5-10(12)14/h3-5,8,11,16H,6H2,1-2H3,(H,17,18). The van der Waals surface area contributed by atoms with E-state index in [0.717, 1.165) is 0 Å². The Morgan fingerprint density at radius 1 is 1.48 bits per heavy atom. The molecule has 1 atom stereocenters. The molecule has 6 nitrogen and oxygen atoms in total. The molecular formula is C13H15ClN2O4S. The Balaban J connectivity index is 3.11. The van der Waals surface area contributed by atoms with Crippen molar-refractivity contribution < 1.29 is 18.3 Å². The van der Waals surface area contributed by atoms with Crippen LogP contribution in [0.1, 0.15) is 25.8 Å². The lowest BCUT2D eigenvalue weighted by Crippen LogP contribution is -2.40. The first kappa shape index (κ1) is 17.4. The summed E-state index contributed by atoms with van der Waals surface area (Å²) in [6.07, 6.45) is -0.329. The van der Waals surface area contributed by atoms with Gasteiger partial charge in [0, 0.05) is 6.04 Å². The summed E-state index contributed by atoms with van der Waals surface area (Å²) in [5.41, 5.74) is 0.241. The zero-order valence-electron chi connectivity index (χ0n) is 11.5. The molecule has 0 bridgehead atoms. The van der Waals surface area contributed by atoms with Gasteiger partial charge in [-0.05, 0) is 24.1 Å². The zero-order valence-corrected chi connectivity index (χ0v) is 13.1. The highest BCUT2D eigenvalue weighted by atomic mass is 35.5. The first-order valence-corrected chi connectivity index (χ1v) is 7.97. The maximum Gasteiger partial charge on any atom is 0.304 e. The van der Waals surface area contributed by atoms with Crippen molar-refractivity contribution in [2.45, 2.75) is 31.2 Å². The number of nitrogens with zero attached hydrogens (tertiary/aromatic N) is 1. The van der Waals surface area contributed by atoms with Gasteiger partial charge < -0.3 is 5.11 Å². The summed E-state index contributed by atoms with van der Waals surface area (Å²) in [7, 11) is -3.96. The van der Waals surface area contributed by atoms with Crippen molar-refractivity contribution in [2.24, 2.45) is 5.92 Å². The van der Waals surface area contributed by atoms with E-state index >= 15 is 0 Å². The molecule has 21 heavy (non-hydrogen) atoms. The van der Waals surface area contributed by atoms with Crippen LogP contribution in [0, 0.1) is 17.2 Å². The van der Waals surface area contributed by atoms with E-state index in [2.05, 4.69) is 4.72 Å². The van der Waals surface area contributed by atoms with Crippen molar-refractivity contribution in [1.29, 1.82) is 5.26 Å². The van der Waals surface area contributed by atoms with Gasteiger partial charge in [-0.3, -0.25) is 4.79 Å². The van der Waals surface area contributed by atoms with Crippen LogP contribution in [0.5, 0.6) is 0 Å². The topological polar surface area (TPSA) is 107 Å². The third-order valence-electron chi connectivity index (χ3n) is 2.86. The number of halogens is 1. The normalized spacial score (nSPS) is 12.9. The van der Waals surface area contributed by atoms with Gasteiger partial charge in [0.25, 0.3) is 0 Å². The van der Waals surface area contributed by atoms with E-state index in [1.54, 1.807) is 13.8 Å². The fraction of sp³-hybridized carbons (Fsp3) is 0.385. The van der Waals surface area contributed by atoms with Crippen molar-refractivity contribution in [3.05, 3.63) is 28.8 Å². The first-order chi connectivity index (χ1) is 9.67. The number of rotatable bonds is 6. The number of carbonyl (C=O) groups is 1. The molecule has 0 spiro atoms. The Bertz CT molecular complexity index is 680. The highest BCUT2D eigenvalue weighted by molar-refractivity contribution is 7.89. The summed E-state index contributed by atoms with van der Waals surface area (Å²) in [5, 5.41) is 17.5. The lowest BCUT2D eigenvalue weighted by molar-refractivity contribution is -0.137. The van der Waals surface area contributed by atoms with Crippen LogP contribution in [-0.4, -0.2) is 25.5 Å². The van der Waals surface area contributed by atoms with Gasteiger partial charge in [-0.15, -0.1) is 0 Å². The first-order valence-electron chi connectivity index (χ1n) is 6.11. The van der Waals surface area contributed by atoms with Gasteiger partial charge in [0.1, 0.15) is 4.90 Å². The van der Waals surface area contributed by atoms with E-state index in [1.165, 1.54) is 18.2 Å². The Labute approximate surface area is 128 Å². The van der Waals surface area contributed by atoms with E-state index in [1.807, 2.05) is 6.07 Å². The molecule has 0 aromatic heterocycles. The maximum absolute atomic E-state index is 12.3. The number of benzene rings is 1. The van der Waals surface area contributed by atoms with Crippen LogP contribution in [0.25, 0.3) is 0 Å². The van der Waals surface area contributed by atoms with Crippen molar-refractivity contribution in [1.82, 2.24) is 4.72 Å². The number of nitriles is 1. The van der Waals surface area contributed by atoms with Crippen molar-refractivity contribution in [2.75, 3.05) is 0 Å². The molecule has 1 aromatic carbocycles. The van der Waals surface area contributed by atoms with Crippen LogP contribution >= 0.6 is 11.6 Å². The number of hydrogen-bond acceptors (Lipinski definition) is 4. The molecule has 0 amide bonds. The summed E-state index contributed by atoms with van der Waals surface area (Å²) in [6, 6.07) is 4.91. The molecule has 0 fully saturated rings. The van der Waals surface area contributed by atoms with Gasteiger partial charge in [-0.1, -0.05) is 25.4 Å². The summed E-state index contributed by atoms with van der Waals surface area (Å²) < 4.78 is 26.9. The van der Waals surface area contributed by atoms with Crippen LogP contribution in [0.4, 0.5) is 0 Å². The lowest BCUT2D eigenvalue weighted by atomic mass is 10.0. The van der Waals surface area contributed by atoms with Crippen LogP contribution in [0.3, 0.4) is 0 Å². The third-order valence-corrected chi connectivity index (χ3v) is 4.83. The summed E-state index contributed by atoms with van der Waals surface area (Å²) in [5.74, 6) is -1.30. The van der Waals surface area contributed by atoms with Crippen LogP contribution < -0.4 is 4.72 Å². The smallest absolute Gasteiger partial charge is 0.304 e. The second-order valence-corrected chi connectivity index (χ2v) is 6.92. The summed E-state index contributed by atoms with van der Waals surface area (Å²) >= 11 is 5.87. The highest BCUT2D eigenvalue weighted by Gasteiger charge is 2.26. The second-order valence-electron chi connectivity index (χ2n) is 4.83. The monoisotopic (exact) mass is 330 g/mol. The molecule has 0 radical (unpaired) electrons. The second kappa shape index (κ2) is 6.89. The SMILES string of the molecule is CC(C)C(CC(=O)O)NS(=O)(=O)c1ccc(C#N)cc1Cl. The highest BCUT2D eigenvalue weighted by Crippen LogP contribution is 2.23. The molecule has 1 aromatic rings. The minimum atomic E-state index is -3.96. The Morgan fingerprint density at radius 2 is 2.10 bits per heavy atom. The van der Waals surface area contributed by atoms with E-state index in [0.29, 0.717) is 0 Å².